The number of fused-ring (bicyclic) bond motifs is 5. The lowest BCUT2D eigenvalue weighted by Gasteiger charge is -2.26. The highest BCUT2D eigenvalue weighted by Crippen LogP contribution is 2.58. The number of halogens is 2. The molecule has 0 saturated carbocycles. The van der Waals surface area contributed by atoms with E-state index >= 15 is 8.78 Å². The second-order valence-corrected chi connectivity index (χ2v) is 15.5. The molecule has 0 aliphatic carbocycles. The Morgan fingerprint density at radius 1 is 0.978 bits per heavy atom. The number of H-pyrrole nitrogens is 1. The molecule has 6 N–H and O–H groups in total. The number of hydrogen-bond donors (Lipinski definition) is 5. The molecule has 0 aromatic carbocycles. The van der Waals surface area contributed by atoms with Crippen molar-refractivity contribution in [1.29, 1.82) is 0 Å². The van der Waals surface area contributed by atoms with Crippen LogP contribution in [0.25, 0.3) is 22.3 Å². The smallest absolute Gasteiger partial charge is 0.382 e. The molecule has 0 radical (unpaired) electrons. The van der Waals surface area contributed by atoms with Crippen LogP contribution in [-0.4, -0.2) is 105 Å². The first-order valence-corrected chi connectivity index (χ1v) is 17.9. The van der Waals surface area contributed by atoms with Crippen LogP contribution < -0.4 is 17.0 Å². The molecule has 45 heavy (non-hydrogen) atoms. The highest BCUT2D eigenvalue weighted by atomic mass is 32.7. The molecule has 0 spiro atoms. The van der Waals surface area contributed by atoms with Crippen LogP contribution in [0.1, 0.15) is 12.5 Å². The molecule has 2 bridgehead atoms. The van der Waals surface area contributed by atoms with Crippen molar-refractivity contribution < 1.29 is 45.8 Å². The molecule has 3 saturated heterocycles. The van der Waals surface area contributed by atoms with Crippen LogP contribution in [0.2, 0.25) is 0 Å². The van der Waals surface area contributed by atoms with Crippen LogP contribution >= 0.6 is 25.8 Å². The van der Waals surface area contributed by atoms with Gasteiger partial charge < -0.3 is 30.4 Å². The topological polar surface area (TPSA) is 278 Å². The molecule has 7 heterocycles. The third kappa shape index (κ3) is 5.50. The van der Waals surface area contributed by atoms with Gasteiger partial charge in [-0.2, -0.15) is 14.3 Å². The monoisotopic (exact) mass is 712 g/mol. The fourth-order valence-corrected chi connectivity index (χ4v) is 7.86. The first kappa shape index (κ1) is 30.8. The molecule has 10 atom stereocenters. The van der Waals surface area contributed by atoms with Crippen molar-refractivity contribution in [1.82, 2.24) is 49.9 Å². The van der Waals surface area contributed by atoms with E-state index in [1.165, 1.54) is 0 Å². The molecule has 27 heteroatoms. The summed E-state index contributed by atoms with van der Waals surface area (Å²) < 4.78 is 80.2. The van der Waals surface area contributed by atoms with Crippen LogP contribution in [-0.2, 0) is 43.9 Å². The number of anilines is 2. The van der Waals surface area contributed by atoms with Gasteiger partial charge >= 0.3 is 13.5 Å². The van der Waals surface area contributed by atoms with E-state index in [9.17, 15) is 14.3 Å². The number of ether oxygens (including phenoxy) is 2. The highest BCUT2D eigenvalue weighted by Gasteiger charge is 2.54. The lowest BCUT2D eigenvalue weighted by atomic mass is 10.1. The second-order valence-electron chi connectivity index (χ2n) is 9.81. The summed E-state index contributed by atoms with van der Waals surface area (Å²) in [5.41, 5.74) is 10.3. The Balaban J connectivity index is 1.21. The fourth-order valence-electron chi connectivity index (χ4n) is 4.98. The number of thiol groups is 1. The van der Waals surface area contributed by atoms with Gasteiger partial charge in [0.05, 0.1) is 13.2 Å². The summed E-state index contributed by atoms with van der Waals surface area (Å²) in [5, 5.41) is 15.2. The first-order valence-electron chi connectivity index (χ1n) is 12.6. The van der Waals surface area contributed by atoms with E-state index in [0.29, 0.717) is 0 Å². The SMILES string of the molecule is Nc1nc2c(nnn2[C@@H]2O[C@@H]3COP(O)(=S)O[C@H]4[C@H](F)[C@H](n5nnc6c(N)ncnc65)O[C@@H]4COP(=O)(S)O[C@@H]2[C@@H]3F)c(=O)[nH]1. The normalized spacial score (nSPS) is 37.7. The van der Waals surface area contributed by atoms with E-state index in [4.69, 9.17) is 50.8 Å². The predicted octanol–water partition coefficient (Wildman–Crippen LogP) is -0.543. The number of aromatic nitrogens is 10. The number of hydrogen-bond acceptors (Lipinski definition) is 18. The molecule has 3 fully saturated rings. The van der Waals surface area contributed by atoms with E-state index in [-0.39, 0.29) is 34.1 Å². The highest BCUT2D eigenvalue weighted by molar-refractivity contribution is 8.44. The van der Waals surface area contributed by atoms with E-state index in [1.54, 1.807) is 0 Å². The molecule has 21 nitrogen and oxygen atoms in total. The van der Waals surface area contributed by atoms with Crippen molar-refractivity contribution in [2.75, 3.05) is 24.7 Å². The number of nitrogens with zero attached hydrogens (tertiary/aromatic N) is 9. The van der Waals surface area contributed by atoms with Gasteiger partial charge in [0.15, 0.2) is 52.9 Å². The van der Waals surface area contributed by atoms with Gasteiger partial charge in [0.2, 0.25) is 5.95 Å². The average Bonchev–Trinajstić information content (AvgIpc) is 3.72. The molecule has 2 unspecified atom stereocenters. The molecule has 3 aliphatic rings. The van der Waals surface area contributed by atoms with Gasteiger partial charge in [0.25, 0.3) is 5.56 Å². The lowest BCUT2D eigenvalue weighted by Crippen LogP contribution is -2.34. The lowest BCUT2D eigenvalue weighted by molar-refractivity contribution is -0.0632. The largest absolute Gasteiger partial charge is 0.386 e. The quantitative estimate of drug-likeness (QED) is 0.129. The Kier molecular flexibility index (Phi) is 7.64. The molecular formula is C18H20F2N12O9P2S2. The molecule has 7 rings (SSSR count). The van der Waals surface area contributed by atoms with Crippen LogP contribution in [0.3, 0.4) is 0 Å². The van der Waals surface area contributed by atoms with Gasteiger partial charge in [-0.3, -0.25) is 23.3 Å². The van der Waals surface area contributed by atoms with Crippen molar-refractivity contribution in [3.8, 4) is 0 Å². The zero-order chi connectivity index (χ0) is 31.8. The Morgan fingerprint density at radius 2 is 1.67 bits per heavy atom. The Hall–Kier alpha value is -2.83. The van der Waals surface area contributed by atoms with Gasteiger partial charge in [-0.25, -0.2) is 23.3 Å². The second kappa shape index (κ2) is 11.2. The number of aromatic amines is 1. The van der Waals surface area contributed by atoms with Crippen molar-refractivity contribution >= 4 is 71.7 Å². The number of nitrogens with one attached hydrogen (secondary N) is 1. The minimum atomic E-state index is -4.53. The minimum absolute atomic E-state index is 0.0142. The van der Waals surface area contributed by atoms with Gasteiger partial charge in [0.1, 0.15) is 30.7 Å². The molecule has 4 aromatic heterocycles. The maximum atomic E-state index is 15.9. The zero-order valence-corrected chi connectivity index (χ0v) is 25.5. The van der Waals surface area contributed by atoms with Crippen molar-refractivity contribution in [2.24, 2.45) is 0 Å². The van der Waals surface area contributed by atoms with Gasteiger partial charge in [0, 0.05) is 0 Å². The van der Waals surface area contributed by atoms with Crippen LogP contribution in [0.4, 0.5) is 20.5 Å². The van der Waals surface area contributed by atoms with Crippen LogP contribution in [0.15, 0.2) is 11.1 Å². The van der Waals surface area contributed by atoms with Crippen molar-refractivity contribution in [3.05, 3.63) is 16.7 Å². The first-order chi connectivity index (χ1) is 21.3. The number of nitrogens with two attached hydrogens (primary N) is 2. The molecular weight excluding hydrogens is 692 g/mol. The number of rotatable bonds is 2. The van der Waals surface area contributed by atoms with E-state index in [2.05, 4.69) is 52.8 Å². The molecule has 242 valence electrons. The zero-order valence-electron chi connectivity index (χ0n) is 22.0. The van der Waals surface area contributed by atoms with Gasteiger partial charge in [-0.1, -0.05) is 22.7 Å². The standard InChI is InChI=1S/C18H20F2N12O9P2S2/c19-6-4-1-36-42(34,44)40-10-5(39-16(7(10)20)31-13-8(27-29-31)12(21)23-3-24-13)2-37-43(35,45)41-11(6)17(38-4)32-14-9(28-30-32)15(33)26-18(22)25-14/h3-7,10-11,16-17H,1-2H2,(H,34,44)(H,35,45)(H2,21,23,24)(H3,22,25,26,33)/t4-,5-,6-,7+,10-,11-,16-,17-,42?,43?/m1/s1. The number of alkyl halides is 2. The van der Waals surface area contributed by atoms with Crippen molar-refractivity contribution in [2.45, 2.75) is 49.2 Å². The Bertz CT molecular complexity index is 1950. The molecule has 3 aliphatic heterocycles. The molecule has 4 aromatic rings. The van der Waals surface area contributed by atoms with Gasteiger partial charge in [-0.05, 0) is 11.8 Å². The summed E-state index contributed by atoms with van der Waals surface area (Å²) in [5.74, 6) is -0.336. The average molecular weight is 713 g/mol. The maximum absolute atomic E-state index is 15.9. The van der Waals surface area contributed by atoms with Crippen molar-refractivity contribution in [3.63, 3.8) is 0 Å². The third-order valence-electron chi connectivity index (χ3n) is 6.97. The number of nitrogen functional groups attached to an aromatic ring is 2. The molecule has 0 amide bonds. The van der Waals surface area contributed by atoms with Gasteiger partial charge in [-0.15, -0.1) is 10.2 Å². The summed E-state index contributed by atoms with van der Waals surface area (Å²) in [6.45, 7) is -10.4. The van der Waals surface area contributed by atoms with Crippen LogP contribution in [0.5, 0.6) is 0 Å². The summed E-state index contributed by atoms with van der Waals surface area (Å²) in [6, 6.07) is 0. The Morgan fingerprint density at radius 3 is 2.44 bits per heavy atom. The summed E-state index contributed by atoms with van der Waals surface area (Å²) >= 11 is 9.05. The summed E-state index contributed by atoms with van der Waals surface area (Å²) in [7, 11) is 0. The summed E-state index contributed by atoms with van der Waals surface area (Å²) in [4.78, 5) is 37.1. The predicted molar refractivity (Wildman–Crippen MR) is 150 cm³/mol. The third-order valence-corrected chi connectivity index (χ3v) is 10.1. The van der Waals surface area contributed by atoms with E-state index in [0.717, 1.165) is 15.7 Å². The minimum Gasteiger partial charge on any atom is -0.382 e. The Labute approximate surface area is 257 Å². The fraction of sp³-hybridized carbons (Fsp3) is 0.556. The maximum Gasteiger partial charge on any atom is 0.386 e. The van der Waals surface area contributed by atoms with E-state index in [1.807, 2.05) is 0 Å². The van der Waals surface area contributed by atoms with E-state index < -0.39 is 81.5 Å². The van der Waals surface area contributed by atoms with Crippen LogP contribution in [0, 0.1) is 0 Å². The summed E-state index contributed by atoms with van der Waals surface area (Å²) in [6.07, 6.45) is -12.8.